The topological polar surface area (TPSA) is 46.5 Å². The minimum atomic E-state index is 0.0774. The molecular formula is C24H42O3. The van der Waals surface area contributed by atoms with E-state index in [-0.39, 0.29) is 18.0 Å². The molecule has 1 heterocycles. The summed E-state index contributed by atoms with van der Waals surface area (Å²) in [6, 6.07) is 0. The Balaban J connectivity index is 1.31. The normalized spacial score (nSPS) is 37.8. The lowest BCUT2D eigenvalue weighted by molar-refractivity contribution is -0.161. The lowest BCUT2D eigenvalue weighted by atomic mass is 9.68. The van der Waals surface area contributed by atoms with E-state index < -0.39 is 0 Å². The SMILES string of the molecule is CCCC1CCC(CCC2CCC(C3CCC(CCO)CC3)CC2)OC1=O. The molecule has 1 aliphatic heterocycles. The van der Waals surface area contributed by atoms with Gasteiger partial charge < -0.3 is 9.84 Å². The maximum atomic E-state index is 12.1. The Labute approximate surface area is 166 Å². The molecule has 2 unspecified atom stereocenters. The van der Waals surface area contributed by atoms with E-state index in [9.17, 15) is 4.79 Å². The molecule has 3 rings (SSSR count). The Kier molecular flexibility index (Phi) is 8.48. The number of hydrogen-bond acceptors (Lipinski definition) is 3. The number of cyclic esters (lactones) is 1. The molecule has 0 amide bonds. The van der Waals surface area contributed by atoms with Crippen molar-refractivity contribution in [1.29, 1.82) is 0 Å². The van der Waals surface area contributed by atoms with Crippen LogP contribution < -0.4 is 0 Å². The first-order valence-electron chi connectivity index (χ1n) is 12.0. The van der Waals surface area contributed by atoms with Crippen molar-refractivity contribution in [2.75, 3.05) is 6.61 Å². The van der Waals surface area contributed by atoms with Gasteiger partial charge in [0.25, 0.3) is 0 Å². The molecular weight excluding hydrogens is 336 g/mol. The van der Waals surface area contributed by atoms with E-state index in [0.717, 1.165) is 62.2 Å². The molecule has 3 nitrogen and oxygen atoms in total. The predicted octanol–water partition coefficient (Wildman–Crippen LogP) is 5.88. The molecule has 1 saturated heterocycles. The van der Waals surface area contributed by atoms with Gasteiger partial charge in [-0.05, 0) is 87.9 Å². The number of esters is 1. The zero-order valence-corrected chi connectivity index (χ0v) is 17.5. The van der Waals surface area contributed by atoms with Crippen LogP contribution >= 0.6 is 0 Å². The van der Waals surface area contributed by atoms with Gasteiger partial charge in [0.15, 0.2) is 0 Å². The summed E-state index contributed by atoms with van der Waals surface area (Å²) in [5, 5.41) is 9.13. The maximum Gasteiger partial charge on any atom is 0.309 e. The Bertz CT molecular complexity index is 433. The summed E-state index contributed by atoms with van der Waals surface area (Å²) in [6.07, 6.45) is 18.9. The van der Waals surface area contributed by atoms with E-state index in [1.54, 1.807) is 0 Å². The Morgan fingerprint density at radius 2 is 1.37 bits per heavy atom. The molecule has 2 saturated carbocycles. The van der Waals surface area contributed by atoms with E-state index in [0.29, 0.717) is 6.61 Å². The number of carbonyl (C=O) groups is 1. The van der Waals surface area contributed by atoms with Crippen LogP contribution in [-0.4, -0.2) is 23.8 Å². The lowest BCUT2D eigenvalue weighted by Crippen LogP contribution is -2.31. The second kappa shape index (κ2) is 10.8. The predicted molar refractivity (Wildman–Crippen MR) is 109 cm³/mol. The molecule has 0 aromatic carbocycles. The maximum absolute atomic E-state index is 12.1. The Morgan fingerprint density at radius 3 is 1.89 bits per heavy atom. The van der Waals surface area contributed by atoms with Gasteiger partial charge in [0.05, 0.1) is 5.92 Å². The number of rotatable bonds is 8. The Morgan fingerprint density at radius 1 is 0.778 bits per heavy atom. The van der Waals surface area contributed by atoms with Crippen LogP contribution in [0.25, 0.3) is 0 Å². The summed E-state index contributed by atoms with van der Waals surface area (Å²) < 4.78 is 5.73. The quantitative estimate of drug-likeness (QED) is 0.536. The smallest absolute Gasteiger partial charge is 0.309 e. The van der Waals surface area contributed by atoms with Gasteiger partial charge in [0.1, 0.15) is 6.10 Å². The van der Waals surface area contributed by atoms with Crippen LogP contribution in [0.1, 0.15) is 103 Å². The molecule has 156 valence electrons. The monoisotopic (exact) mass is 378 g/mol. The highest BCUT2D eigenvalue weighted by Crippen LogP contribution is 2.43. The first kappa shape index (κ1) is 21.1. The summed E-state index contributed by atoms with van der Waals surface area (Å²) in [6.45, 7) is 2.52. The van der Waals surface area contributed by atoms with E-state index in [1.165, 1.54) is 57.8 Å². The molecule has 1 N–H and O–H groups in total. The average molecular weight is 379 g/mol. The van der Waals surface area contributed by atoms with Crippen LogP contribution in [0.2, 0.25) is 0 Å². The van der Waals surface area contributed by atoms with E-state index in [1.807, 2.05) is 0 Å². The first-order chi connectivity index (χ1) is 13.2. The zero-order valence-electron chi connectivity index (χ0n) is 17.5. The average Bonchev–Trinajstić information content (AvgIpc) is 2.70. The van der Waals surface area contributed by atoms with Crippen LogP contribution in [-0.2, 0) is 9.53 Å². The number of aliphatic hydroxyl groups is 1. The summed E-state index contributed by atoms with van der Waals surface area (Å²) in [5.74, 6) is 3.81. The van der Waals surface area contributed by atoms with Gasteiger partial charge in [-0.3, -0.25) is 4.79 Å². The largest absolute Gasteiger partial charge is 0.462 e. The fourth-order valence-electron chi connectivity index (χ4n) is 6.14. The summed E-state index contributed by atoms with van der Waals surface area (Å²) >= 11 is 0. The second-order valence-corrected chi connectivity index (χ2v) is 9.77. The molecule has 0 aromatic rings. The van der Waals surface area contributed by atoms with Crippen molar-refractivity contribution in [1.82, 2.24) is 0 Å². The summed E-state index contributed by atoms with van der Waals surface area (Å²) in [7, 11) is 0. The van der Waals surface area contributed by atoms with Crippen LogP contribution in [0.3, 0.4) is 0 Å². The molecule has 27 heavy (non-hydrogen) atoms. The van der Waals surface area contributed by atoms with Crippen molar-refractivity contribution in [3.63, 3.8) is 0 Å². The van der Waals surface area contributed by atoms with E-state index in [2.05, 4.69) is 6.92 Å². The summed E-state index contributed by atoms with van der Waals surface area (Å²) in [4.78, 5) is 12.1. The van der Waals surface area contributed by atoms with Gasteiger partial charge in [0.2, 0.25) is 0 Å². The van der Waals surface area contributed by atoms with Crippen LogP contribution in [0.15, 0.2) is 0 Å². The highest BCUT2D eigenvalue weighted by molar-refractivity contribution is 5.73. The molecule has 0 aromatic heterocycles. The summed E-state index contributed by atoms with van der Waals surface area (Å²) in [5.41, 5.74) is 0. The number of carbonyl (C=O) groups excluding carboxylic acids is 1. The van der Waals surface area contributed by atoms with Gasteiger partial charge in [-0.1, -0.05) is 39.0 Å². The standard InChI is InChI=1S/C24H42O3/c1-2-3-22-13-15-23(27-24(22)26)14-8-18-4-9-20(10-5-18)21-11-6-19(7-12-21)16-17-25/h18-23,25H,2-17H2,1H3. The van der Waals surface area contributed by atoms with Gasteiger partial charge in [-0.25, -0.2) is 0 Å². The molecule has 0 radical (unpaired) electrons. The zero-order chi connectivity index (χ0) is 19.1. The third-order valence-corrected chi connectivity index (χ3v) is 7.97. The van der Waals surface area contributed by atoms with Crippen molar-refractivity contribution in [3.05, 3.63) is 0 Å². The van der Waals surface area contributed by atoms with Crippen molar-refractivity contribution in [3.8, 4) is 0 Å². The molecule has 3 aliphatic rings. The fraction of sp³-hybridized carbons (Fsp3) is 0.958. The highest BCUT2D eigenvalue weighted by Gasteiger charge is 2.32. The lowest BCUT2D eigenvalue weighted by Gasteiger charge is -2.38. The fourth-order valence-corrected chi connectivity index (χ4v) is 6.14. The van der Waals surface area contributed by atoms with Crippen molar-refractivity contribution in [2.45, 2.75) is 109 Å². The third-order valence-electron chi connectivity index (χ3n) is 7.97. The molecule has 0 bridgehead atoms. The van der Waals surface area contributed by atoms with Gasteiger partial charge in [-0.2, -0.15) is 0 Å². The minimum Gasteiger partial charge on any atom is -0.462 e. The van der Waals surface area contributed by atoms with Crippen molar-refractivity contribution < 1.29 is 14.6 Å². The van der Waals surface area contributed by atoms with Crippen molar-refractivity contribution >= 4 is 5.97 Å². The van der Waals surface area contributed by atoms with Crippen LogP contribution in [0.5, 0.6) is 0 Å². The molecule has 2 atom stereocenters. The third kappa shape index (κ3) is 6.21. The number of aliphatic hydroxyl groups excluding tert-OH is 1. The molecule has 0 spiro atoms. The van der Waals surface area contributed by atoms with Crippen LogP contribution in [0.4, 0.5) is 0 Å². The minimum absolute atomic E-state index is 0.0774. The van der Waals surface area contributed by atoms with Gasteiger partial charge >= 0.3 is 5.97 Å². The van der Waals surface area contributed by atoms with Crippen molar-refractivity contribution in [2.24, 2.45) is 29.6 Å². The van der Waals surface area contributed by atoms with Crippen LogP contribution in [0, 0.1) is 29.6 Å². The van der Waals surface area contributed by atoms with E-state index >= 15 is 0 Å². The molecule has 3 heteroatoms. The highest BCUT2D eigenvalue weighted by atomic mass is 16.5. The van der Waals surface area contributed by atoms with E-state index in [4.69, 9.17) is 9.84 Å². The molecule has 3 fully saturated rings. The van der Waals surface area contributed by atoms with Gasteiger partial charge in [-0.15, -0.1) is 0 Å². The number of hydrogen-bond donors (Lipinski definition) is 1. The second-order valence-electron chi connectivity index (χ2n) is 9.77. The van der Waals surface area contributed by atoms with Gasteiger partial charge in [0, 0.05) is 6.61 Å². The Hall–Kier alpha value is -0.570. The number of ether oxygens (including phenoxy) is 1. The molecule has 2 aliphatic carbocycles. The first-order valence-corrected chi connectivity index (χ1v) is 12.0.